The van der Waals surface area contributed by atoms with E-state index in [4.69, 9.17) is 0 Å². The van der Waals surface area contributed by atoms with E-state index in [1.807, 2.05) is 13.0 Å². The number of fused-ring (bicyclic) bond motifs is 1. The van der Waals surface area contributed by atoms with Gasteiger partial charge in [-0.05, 0) is 55.0 Å². The Hall–Kier alpha value is -4.33. The van der Waals surface area contributed by atoms with Crippen LogP contribution in [0.3, 0.4) is 0 Å². The van der Waals surface area contributed by atoms with E-state index in [1.54, 1.807) is 30.3 Å². The number of carboxylic acids is 1. The van der Waals surface area contributed by atoms with Crippen LogP contribution < -0.4 is 10.6 Å². The molecule has 3 aromatic carbocycles. The Bertz CT molecular complexity index is 1330. The Kier molecular flexibility index (Phi) is 5.76. The minimum Gasteiger partial charge on any atom is -0.478 e. The zero-order valence-electron chi connectivity index (χ0n) is 17.0. The third kappa shape index (κ3) is 4.39. The lowest BCUT2D eigenvalue weighted by atomic mass is 10.1. The van der Waals surface area contributed by atoms with Crippen molar-refractivity contribution in [1.82, 2.24) is 9.97 Å². The number of halogens is 1. The third-order valence-corrected chi connectivity index (χ3v) is 4.98. The summed E-state index contributed by atoms with van der Waals surface area (Å²) in [6.45, 7) is 1.92. The number of para-hydroxylation sites is 1. The van der Waals surface area contributed by atoms with Gasteiger partial charge in [0.2, 0.25) is 0 Å². The van der Waals surface area contributed by atoms with E-state index in [0.29, 0.717) is 22.4 Å². The smallest absolute Gasteiger partial charge is 0.337 e. The Morgan fingerprint density at radius 2 is 1.78 bits per heavy atom. The number of hydrogen-bond acceptors (Lipinski definition) is 5. The Balaban J connectivity index is 1.56. The standard InChI is InChI=1S/C24H19FN4O3/c1-14(28-22-19-9-4-10-20(24(31)32)21(19)26-13-27-22)15-5-3-8-18(12-15)29-23(30)16-6-2-7-17(25)11-16/h2-14H,1H3,(H,29,30)(H,31,32)(H,26,27,28). The van der Waals surface area contributed by atoms with Crippen LogP contribution in [0.1, 0.15) is 39.2 Å². The maximum absolute atomic E-state index is 13.4. The summed E-state index contributed by atoms with van der Waals surface area (Å²) in [4.78, 5) is 32.3. The molecule has 0 spiro atoms. The summed E-state index contributed by atoms with van der Waals surface area (Å²) < 4.78 is 13.4. The molecule has 0 saturated heterocycles. The van der Waals surface area contributed by atoms with Crippen LogP contribution in [0.15, 0.2) is 73.1 Å². The molecule has 1 unspecified atom stereocenters. The molecule has 0 radical (unpaired) electrons. The number of carboxylic acid groups (broad SMARTS) is 1. The number of aromatic carboxylic acids is 1. The molecular formula is C24H19FN4O3. The van der Waals surface area contributed by atoms with Crippen molar-refractivity contribution in [2.75, 3.05) is 10.6 Å². The van der Waals surface area contributed by atoms with Gasteiger partial charge in [0.15, 0.2) is 0 Å². The van der Waals surface area contributed by atoms with Crippen molar-refractivity contribution in [2.45, 2.75) is 13.0 Å². The SMILES string of the molecule is CC(Nc1ncnc2c(C(=O)O)cccc12)c1cccc(NC(=O)c2cccc(F)c2)c1. The Morgan fingerprint density at radius 1 is 1.00 bits per heavy atom. The fourth-order valence-electron chi connectivity index (χ4n) is 3.38. The second-order valence-corrected chi connectivity index (χ2v) is 7.19. The van der Waals surface area contributed by atoms with Crippen LogP contribution in [-0.4, -0.2) is 27.0 Å². The fraction of sp³-hybridized carbons (Fsp3) is 0.0833. The first-order valence-electron chi connectivity index (χ1n) is 9.83. The molecule has 0 aliphatic heterocycles. The zero-order valence-corrected chi connectivity index (χ0v) is 17.0. The average molecular weight is 430 g/mol. The maximum atomic E-state index is 13.4. The summed E-state index contributed by atoms with van der Waals surface area (Å²) in [6.07, 6.45) is 1.32. The second-order valence-electron chi connectivity index (χ2n) is 7.19. The van der Waals surface area contributed by atoms with Gasteiger partial charge in [0.05, 0.1) is 17.1 Å². The van der Waals surface area contributed by atoms with Crippen LogP contribution in [-0.2, 0) is 0 Å². The summed E-state index contributed by atoms with van der Waals surface area (Å²) in [5, 5.41) is 16.0. The zero-order chi connectivity index (χ0) is 22.7. The maximum Gasteiger partial charge on any atom is 0.337 e. The van der Waals surface area contributed by atoms with Crippen molar-refractivity contribution in [3.05, 3.63) is 95.6 Å². The van der Waals surface area contributed by atoms with Gasteiger partial charge >= 0.3 is 5.97 Å². The van der Waals surface area contributed by atoms with Crippen LogP contribution in [0, 0.1) is 5.82 Å². The molecule has 0 fully saturated rings. The topological polar surface area (TPSA) is 104 Å². The molecule has 0 aliphatic carbocycles. The van der Waals surface area contributed by atoms with E-state index in [2.05, 4.69) is 20.6 Å². The van der Waals surface area contributed by atoms with Crippen molar-refractivity contribution in [1.29, 1.82) is 0 Å². The number of aromatic nitrogens is 2. The van der Waals surface area contributed by atoms with E-state index in [-0.39, 0.29) is 17.2 Å². The number of nitrogens with zero attached hydrogens (tertiary/aromatic N) is 2. The van der Waals surface area contributed by atoms with Crippen LogP contribution in [0.25, 0.3) is 10.9 Å². The van der Waals surface area contributed by atoms with Gasteiger partial charge in [-0.25, -0.2) is 19.2 Å². The Morgan fingerprint density at radius 3 is 2.56 bits per heavy atom. The summed E-state index contributed by atoms with van der Waals surface area (Å²) in [6, 6.07) is 17.4. The fourth-order valence-corrected chi connectivity index (χ4v) is 3.38. The van der Waals surface area contributed by atoms with Gasteiger partial charge in [-0.1, -0.05) is 24.3 Å². The minimum atomic E-state index is -1.06. The lowest BCUT2D eigenvalue weighted by Gasteiger charge is -2.17. The van der Waals surface area contributed by atoms with Gasteiger partial charge in [-0.15, -0.1) is 0 Å². The molecule has 0 bridgehead atoms. The summed E-state index contributed by atoms with van der Waals surface area (Å²) >= 11 is 0. The highest BCUT2D eigenvalue weighted by atomic mass is 19.1. The minimum absolute atomic E-state index is 0.0997. The van der Waals surface area contributed by atoms with E-state index in [0.717, 1.165) is 5.56 Å². The van der Waals surface area contributed by atoms with E-state index in [9.17, 15) is 19.1 Å². The van der Waals surface area contributed by atoms with Crippen molar-refractivity contribution in [2.24, 2.45) is 0 Å². The number of nitrogens with one attached hydrogen (secondary N) is 2. The van der Waals surface area contributed by atoms with E-state index in [1.165, 1.54) is 36.7 Å². The van der Waals surface area contributed by atoms with E-state index >= 15 is 0 Å². The number of hydrogen-bond donors (Lipinski definition) is 3. The predicted molar refractivity (Wildman–Crippen MR) is 119 cm³/mol. The van der Waals surface area contributed by atoms with Gasteiger partial charge in [-0.2, -0.15) is 0 Å². The molecule has 3 N–H and O–H groups in total. The largest absolute Gasteiger partial charge is 0.478 e. The van der Waals surface area contributed by atoms with Gasteiger partial charge in [0.25, 0.3) is 5.91 Å². The first-order valence-corrected chi connectivity index (χ1v) is 9.83. The highest BCUT2D eigenvalue weighted by Gasteiger charge is 2.15. The molecule has 7 nitrogen and oxygen atoms in total. The highest BCUT2D eigenvalue weighted by molar-refractivity contribution is 6.05. The summed E-state index contributed by atoms with van der Waals surface area (Å²) in [5.41, 5.74) is 2.10. The molecule has 1 heterocycles. The highest BCUT2D eigenvalue weighted by Crippen LogP contribution is 2.27. The van der Waals surface area contributed by atoms with Gasteiger partial charge in [0.1, 0.15) is 18.0 Å². The third-order valence-electron chi connectivity index (χ3n) is 4.98. The van der Waals surface area contributed by atoms with Crippen LogP contribution in [0.5, 0.6) is 0 Å². The molecule has 8 heteroatoms. The number of anilines is 2. The number of amides is 1. The number of carbonyl (C=O) groups is 2. The van der Waals surface area contributed by atoms with Crippen LogP contribution >= 0.6 is 0 Å². The number of rotatable bonds is 6. The average Bonchev–Trinajstić information content (AvgIpc) is 2.79. The normalized spacial score (nSPS) is 11.7. The van der Waals surface area contributed by atoms with Gasteiger partial charge in [0, 0.05) is 16.6 Å². The van der Waals surface area contributed by atoms with Crippen molar-refractivity contribution < 1.29 is 19.1 Å². The number of benzene rings is 3. The molecule has 0 saturated carbocycles. The molecule has 32 heavy (non-hydrogen) atoms. The molecule has 4 rings (SSSR count). The predicted octanol–water partition coefficient (Wildman–Crippen LogP) is 4.89. The van der Waals surface area contributed by atoms with Gasteiger partial charge < -0.3 is 15.7 Å². The molecular weight excluding hydrogens is 411 g/mol. The van der Waals surface area contributed by atoms with E-state index < -0.39 is 17.7 Å². The molecule has 160 valence electrons. The monoisotopic (exact) mass is 430 g/mol. The van der Waals surface area contributed by atoms with Crippen LogP contribution in [0.4, 0.5) is 15.9 Å². The Labute approximate surface area is 183 Å². The second kappa shape index (κ2) is 8.81. The van der Waals surface area contributed by atoms with Gasteiger partial charge in [-0.3, -0.25) is 4.79 Å². The molecule has 0 aliphatic rings. The van der Waals surface area contributed by atoms with Crippen molar-refractivity contribution in [3.8, 4) is 0 Å². The van der Waals surface area contributed by atoms with Crippen LogP contribution in [0.2, 0.25) is 0 Å². The summed E-state index contributed by atoms with van der Waals surface area (Å²) in [5.74, 6) is -1.45. The summed E-state index contributed by atoms with van der Waals surface area (Å²) in [7, 11) is 0. The molecule has 1 aromatic heterocycles. The molecule has 1 atom stereocenters. The number of carbonyl (C=O) groups excluding carboxylic acids is 1. The van der Waals surface area contributed by atoms with Crippen molar-refractivity contribution >= 4 is 34.3 Å². The quantitative estimate of drug-likeness (QED) is 0.402. The lowest BCUT2D eigenvalue weighted by molar-refractivity contribution is 0.0698. The molecule has 4 aromatic rings. The lowest BCUT2D eigenvalue weighted by Crippen LogP contribution is -2.13. The first-order chi connectivity index (χ1) is 15.4. The van der Waals surface area contributed by atoms with Crippen molar-refractivity contribution in [3.63, 3.8) is 0 Å². The molecule has 1 amide bonds. The first kappa shape index (κ1) is 20.9.